The van der Waals surface area contributed by atoms with E-state index < -0.39 is 0 Å². The summed E-state index contributed by atoms with van der Waals surface area (Å²) in [5, 5.41) is 10.1. The van der Waals surface area contributed by atoms with E-state index >= 15 is 0 Å². The van der Waals surface area contributed by atoms with Crippen molar-refractivity contribution >= 4 is 35.0 Å². The van der Waals surface area contributed by atoms with Gasteiger partial charge in [0, 0.05) is 5.69 Å². The molecular formula is C11H11ClN4O2S. The molecule has 1 amide bonds. The Morgan fingerprint density at radius 3 is 3.05 bits per heavy atom. The van der Waals surface area contributed by atoms with Crippen molar-refractivity contribution in [3.8, 4) is 5.75 Å². The molecule has 1 heterocycles. The van der Waals surface area contributed by atoms with E-state index in [2.05, 4.69) is 20.5 Å². The van der Waals surface area contributed by atoms with Crippen LogP contribution in [-0.2, 0) is 4.79 Å². The first-order chi connectivity index (χ1) is 9.19. The number of benzene rings is 1. The molecule has 100 valence electrons. The third-order valence-electron chi connectivity index (χ3n) is 2.17. The fourth-order valence-electron chi connectivity index (χ4n) is 1.34. The number of ether oxygens (including phenoxy) is 1. The first-order valence-corrected chi connectivity index (χ1v) is 6.67. The average Bonchev–Trinajstić information content (AvgIpc) is 2.90. The number of halogens is 1. The normalized spacial score (nSPS) is 10.2. The topological polar surface area (TPSA) is 79.9 Å². The van der Waals surface area contributed by atoms with E-state index in [1.807, 2.05) is 0 Å². The maximum absolute atomic E-state index is 11.7. The molecule has 19 heavy (non-hydrogen) atoms. The minimum atomic E-state index is -0.150. The second-order valence-electron chi connectivity index (χ2n) is 3.48. The lowest BCUT2D eigenvalue weighted by molar-refractivity contribution is -0.113. The molecule has 2 rings (SSSR count). The van der Waals surface area contributed by atoms with Crippen molar-refractivity contribution in [2.75, 3.05) is 18.2 Å². The molecule has 2 aromatic rings. The largest absolute Gasteiger partial charge is 0.495 e. The minimum Gasteiger partial charge on any atom is -0.495 e. The number of aromatic amines is 1. The Morgan fingerprint density at radius 2 is 2.42 bits per heavy atom. The van der Waals surface area contributed by atoms with E-state index in [4.69, 9.17) is 16.3 Å². The number of aromatic nitrogens is 3. The SMILES string of the molecule is COc1ccc(NC(=O)CSc2ncn[nH]2)cc1Cl. The Labute approximate surface area is 118 Å². The van der Waals surface area contributed by atoms with Gasteiger partial charge in [0.15, 0.2) is 5.16 Å². The molecule has 1 aromatic carbocycles. The van der Waals surface area contributed by atoms with Crippen molar-refractivity contribution in [3.05, 3.63) is 29.5 Å². The molecule has 1 aromatic heterocycles. The molecule has 0 spiro atoms. The first-order valence-electron chi connectivity index (χ1n) is 5.30. The van der Waals surface area contributed by atoms with Gasteiger partial charge in [-0.05, 0) is 18.2 Å². The maximum Gasteiger partial charge on any atom is 0.234 e. The van der Waals surface area contributed by atoms with Crippen molar-refractivity contribution in [2.45, 2.75) is 5.16 Å². The van der Waals surface area contributed by atoms with Crippen LogP contribution in [0.4, 0.5) is 5.69 Å². The van der Waals surface area contributed by atoms with Gasteiger partial charge in [-0.1, -0.05) is 23.4 Å². The molecule has 6 nitrogen and oxygen atoms in total. The van der Waals surface area contributed by atoms with Crippen LogP contribution >= 0.6 is 23.4 Å². The van der Waals surface area contributed by atoms with Crippen LogP contribution in [0.2, 0.25) is 5.02 Å². The molecule has 0 saturated carbocycles. The van der Waals surface area contributed by atoms with Gasteiger partial charge in [-0.25, -0.2) is 4.98 Å². The molecule has 0 fully saturated rings. The van der Waals surface area contributed by atoms with E-state index in [9.17, 15) is 4.79 Å². The number of rotatable bonds is 5. The summed E-state index contributed by atoms with van der Waals surface area (Å²) >= 11 is 7.23. The quantitative estimate of drug-likeness (QED) is 0.827. The fourth-order valence-corrected chi connectivity index (χ4v) is 2.18. The van der Waals surface area contributed by atoms with Crippen LogP contribution in [0.15, 0.2) is 29.7 Å². The van der Waals surface area contributed by atoms with Gasteiger partial charge in [-0.15, -0.1) is 0 Å². The van der Waals surface area contributed by atoms with Crippen molar-refractivity contribution in [3.63, 3.8) is 0 Å². The van der Waals surface area contributed by atoms with E-state index in [-0.39, 0.29) is 11.7 Å². The first kappa shape index (κ1) is 13.7. The summed E-state index contributed by atoms with van der Waals surface area (Å²) in [5.74, 6) is 0.650. The smallest absolute Gasteiger partial charge is 0.234 e. The van der Waals surface area contributed by atoms with Gasteiger partial charge >= 0.3 is 0 Å². The lowest BCUT2D eigenvalue weighted by atomic mass is 10.3. The zero-order valence-corrected chi connectivity index (χ0v) is 11.6. The molecule has 0 radical (unpaired) electrons. The molecule has 0 aliphatic rings. The summed E-state index contributed by atoms with van der Waals surface area (Å²) in [7, 11) is 1.54. The lowest BCUT2D eigenvalue weighted by Gasteiger charge is -2.07. The molecule has 0 bridgehead atoms. The third kappa shape index (κ3) is 3.87. The van der Waals surface area contributed by atoms with Crippen molar-refractivity contribution < 1.29 is 9.53 Å². The zero-order valence-electron chi connectivity index (χ0n) is 10.0. The van der Waals surface area contributed by atoms with E-state index in [1.54, 1.807) is 18.2 Å². The second kappa shape index (κ2) is 6.44. The Morgan fingerprint density at radius 1 is 1.58 bits per heavy atom. The Kier molecular flexibility index (Phi) is 4.64. The summed E-state index contributed by atoms with van der Waals surface area (Å²) in [5.41, 5.74) is 0.619. The third-order valence-corrected chi connectivity index (χ3v) is 3.34. The molecule has 0 unspecified atom stereocenters. The Hall–Kier alpha value is -1.73. The molecule has 0 aliphatic carbocycles. The van der Waals surface area contributed by atoms with Gasteiger partial charge < -0.3 is 10.1 Å². The molecule has 0 saturated heterocycles. The van der Waals surface area contributed by atoms with Gasteiger partial charge in [0.1, 0.15) is 12.1 Å². The average molecular weight is 299 g/mol. The van der Waals surface area contributed by atoms with Crippen LogP contribution < -0.4 is 10.1 Å². The summed E-state index contributed by atoms with van der Waals surface area (Å²) < 4.78 is 5.03. The van der Waals surface area contributed by atoms with Crippen molar-refractivity contribution in [1.29, 1.82) is 0 Å². The van der Waals surface area contributed by atoms with Crippen LogP contribution in [0.5, 0.6) is 5.75 Å². The number of nitrogens with one attached hydrogen (secondary N) is 2. The highest BCUT2D eigenvalue weighted by Crippen LogP contribution is 2.27. The van der Waals surface area contributed by atoms with Gasteiger partial charge in [-0.2, -0.15) is 5.10 Å². The van der Waals surface area contributed by atoms with Crippen LogP contribution in [0.1, 0.15) is 0 Å². The Bertz CT molecular complexity index is 562. The van der Waals surface area contributed by atoms with Crippen molar-refractivity contribution in [2.24, 2.45) is 0 Å². The number of nitrogens with zero attached hydrogens (tertiary/aromatic N) is 2. The summed E-state index contributed by atoms with van der Waals surface area (Å²) in [4.78, 5) is 15.6. The van der Waals surface area contributed by atoms with Crippen molar-refractivity contribution in [1.82, 2.24) is 15.2 Å². The van der Waals surface area contributed by atoms with E-state index in [1.165, 1.54) is 25.2 Å². The van der Waals surface area contributed by atoms with Gasteiger partial charge in [0.25, 0.3) is 0 Å². The Balaban J connectivity index is 1.90. The second-order valence-corrected chi connectivity index (χ2v) is 4.85. The predicted molar refractivity (Wildman–Crippen MR) is 73.7 cm³/mol. The maximum atomic E-state index is 11.7. The number of anilines is 1. The van der Waals surface area contributed by atoms with Gasteiger partial charge in [0.05, 0.1) is 17.9 Å². The molecule has 0 atom stereocenters. The number of carbonyl (C=O) groups is 1. The standard InChI is InChI=1S/C11H11ClN4O2S/c1-18-9-3-2-7(4-8(9)12)15-10(17)5-19-11-13-6-14-16-11/h2-4,6H,5H2,1H3,(H,15,17)(H,13,14,16). The fraction of sp³-hybridized carbons (Fsp3) is 0.182. The number of hydrogen-bond acceptors (Lipinski definition) is 5. The number of amides is 1. The number of hydrogen-bond donors (Lipinski definition) is 2. The van der Waals surface area contributed by atoms with Gasteiger partial charge in [-0.3, -0.25) is 9.89 Å². The number of H-pyrrole nitrogens is 1. The highest BCUT2D eigenvalue weighted by molar-refractivity contribution is 7.99. The summed E-state index contributed by atoms with van der Waals surface area (Å²) in [6, 6.07) is 5.06. The lowest BCUT2D eigenvalue weighted by Crippen LogP contribution is -2.14. The van der Waals surface area contributed by atoms with Crippen LogP contribution in [0, 0.1) is 0 Å². The van der Waals surface area contributed by atoms with Crippen LogP contribution in [0.25, 0.3) is 0 Å². The van der Waals surface area contributed by atoms with Gasteiger partial charge in [0.2, 0.25) is 5.91 Å². The highest BCUT2D eigenvalue weighted by Gasteiger charge is 2.07. The zero-order chi connectivity index (χ0) is 13.7. The number of thioether (sulfide) groups is 1. The van der Waals surface area contributed by atoms with Crippen LogP contribution in [-0.4, -0.2) is 34.0 Å². The summed E-state index contributed by atoms with van der Waals surface area (Å²) in [6.07, 6.45) is 1.39. The van der Waals surface area contributed by atoms with Crippen LogP contribution in [0.3, 0.4) is 0 Å². The molecule has 8 heteroatoms. The molecular weight excluding hydrogens is 288 g/mol. The van der Waals surface area contributed by atoms with E-state index in [0.717, 1.165) is 0 Å². The minimum absolute atomic E-state index is 0.150. The predicted octanol–water partition coefficient (Wildman–Crippen LogP) is 2.20. The monoisotopic (exact) mass is 298 g/mol. The highest BCUT2D eigenvalue weighted by atomic mass is 35.5. The number of methoxy groups -OCH3 is 1. The molecule has 0 aliphatic heterocycles. The summed E-state index contributed by atoms with van der Waals surface area (Å²) in [6.45, 7) is 0. The molecule has 2 N–H and O–H groups in total. The number of carbonyl (C=O) groups excluding carboxylic acids is 1. The van der Waals surface area contributed by atoms with E-state index in [0.29, 0.717) is 21.6 Å².